The van der Waals surface area contributed by atoms with Crippen LogP contribution in [0, 0.1) is 0 Å². The molecule has 0 aliphatic heterocycles. The Hall–Kier alpha value is -2.70. The molecule has 0 atom stereocenters. The Labute approximate surface area is 132 Å². The first-order valence-corrected chi connectivity index (χ1v) is 6.90. The minimum Gasteiger partial charge on any atom is -0.493 e. The summed E-state index contributed by atoms with van der Waals surface area (Å²) in [5, 5.41) is 2.76. The third-order valence-corrected chi connectivity index (χ3v) is 3.07. The van der Waals surface area contributed by atoms with E-state index in [-0.39, 0.29) is 17.4 Å². The predicted molar refractivity (Wildman–Crippen MR) is 79.9 cm³/mol. The van der Waals surface area contributed by atoms with Crippen LogP contribution in [0.25, 0.3) is 0 Å². The third-order valence-electron chi connectivity index (χ3n) is 3.07. The number of hydrogen-bond donors (Lipinski definition) is 1. The van der Waals surface area contributed by atoms with Gasteiger partial charge in [0.05, 0.1) is 12.7 Å². The van der Waals surface area contributed by atoms with Crippen molar-refractivity contribution < 1.29 is 23.0 Å². The zero-order chi connectivity index (χ0) is 16.7. The number of methoxy groups -OCH3 is 1. The molecule has 2 rings (SSSR count). The van der Waals surface area contributed by atoms with Gasteiger partial charge in [0, 0.05) is 18.9 Å². The number of aromatic nitrogens is 1. The number of nitrogens with zero attached hydrogens (tertiary/aromatic N) is 1. The van der Waals surface area contributed by atoms with E-state index in [1.54, 1.807) is 30.5 Å². The van der Waals surface area contributed by atoms with E-state index in [0.29, 0.717) is 18.5 Å². The number of carbonyl (C=O) groups excluding carboxylic acids is 1. The normalized spacial score (nSPS) is 10.4. The Kier molecular flexibility index (Phi) is 5.85. The molecular formula is C16H16F2N2O3. The van der Waals surface area contributed by atoms with Gasteiger partial charge in [-0.05, 0) is 36.2 Å². The van der Waals surface area contributed by atoms with E-state index in [9.17, 15) is 13.6 Å². The van der Waals surface area contributed by atoms with E-state index in [0.717, 1.165) is 5.56 Å². The van der Waals surface area contributed by atoms with E-state index in [1.807, 2.05) is 0 Å². The first-order chi connectivity index (χ1) is 11.1. The Bertz CT molecular complexity index is 651. The molecule has 0 saturated heterocycles. The van der Waals surface area contributed by atoms with Gasteiger partial charge < -0.3 is 14.8 Å². The van der Waals surface area contributed by atoms with Gasteiger partial charge in [-0.2, -0.15) is 8.78 Å². The predicted octanol–water partition coefficient (Wildman–Crippen LogP) is 2.66. The summed E-state index contributed by atoms with van der Waals surface area (Å²) in [5.41, 5.74) is 1.31. The van der Waals surface area contributed by atoms with Crippen LogP contribution in [-0.4, -0.2) is 31.2 Å². The molecule has 1 aromatic heterocycles. The Morgan fingerprint density at radius 2 is 2.13 bits per heavy atom. The second-order valence-corrected chi connectivity index (χ2v) is 4.61. The van der Waals surface area contributed by atoms with Crippen LogP contribution < -0.4 is 14.8 Å². The molecule has 0 unspecified atom stereocenters. The molecule has 1 N–H and O–H groups in total. The molecule has 7 heteroatoms. The summed E-state index contributed by atoms with van der Waals surface area (Å²) in [4.78, 5) is 15.7. The highest BCUT2D eigenvalue weighted by Crippen LogP contribution is 2.29. The molecule has 0 saturated carbocycles. The van der Waals surface area contributed by atoms with Crippen LogP contribution in [-0.2, 0) is 6.42 Å². The van der Waals surface area contributed by atoms with Gasteiger partial charge in [0.15, 0.2) is 11.5 Å². The molecule has 1 amide bonds. The van der Waals surface area contributed by atoms with Crippen molar-refractivity contribution in [1.82, 2.24) is 10.3 Å². The van der Waals surface area contributed by atoms with E-state index in [2.05, 4.69) is 15.0 Å². The summed E-state index contributed by atoms with van der Waals surface area (Å²) in [6, 6.07) is 8.02. The SMILES string of the molecule is COc1cc(CCNC(=O)c2cccnc2)ccc1OC(F)F. The first kappa shape index (κ1) is 16.7. The summed E-state index contributed by atoms with van der Waals surface area (Å²) in [6.07, 6.45) is 3.60. The van der Waals surface area contributed by atoms with Crippen LogP contribution in [0.5, 0.6) is 11.5 Å². The highest BCUT2D eigenvalue weighted by molar-refractivity contribution is 5.93. The Morgan fingerprint density at radius 3 is 2.78 bits per heavy atom. The average molecular weight is 322 g/mol. The fourth-order valence-corrected chi connectivity index (χ4v) is 1.98. The van der Waals surface area contributed by atoms with E-state index in [4.69, 9.17) is 4.74 Å². The van der Waals surface area contributed by atoms with Gasteiger partial charge in [-0.3, -0.25) is 9.78 Å². The maximum Gasteiger partial charge on any atom is 0.387 e. The summed E-state index contributed by atoms with van der Waals surface area (Å²) >= 11 is 0. The number of nitrogens with one attached hydrogen (secondary N) is 1. The molecule has 0 aliphatic rings. The lowest BCUT2D eigenvalue weighted by atomic mass is 10.1. The largest absolute Gasteiger partial charge is 0.493 e. The van der Waals surface area contributed by atoms with Gasteiger partial charge in [-0.15, -0.1) is 0 Å². The van der Waals surface area contributed by atoms with Crippen molar-refractivity contribution in [3.05, 3.63) is 53.9 Å². The van der Waals surface area contributed by atoms with Gasteiger partial charge in [0.2, 0.25) is 0 Å². The number of ether oxygens (including phenoxy) is 2. The molecule has 0 bridgehead atoms. The number of carbonyl (C=O) groups is 1. The molecule has 0 radical (unpaired) electrons. The standard InChI is InChI=1S/C16H16F2N2O3/c1-22-14-9-11(4-5-13(14)23-16(17)18)6-8-20-15(21)12-3-2-7-19-10-12/h2-5,7,9-10,16H,6,8H2,1H3,(H,20,21). The minimum absolute atomic E-state index is 0.0226. The molecule has 1 heterocycles. The zero-order valence-corrected chi connectivity index (χ0v) is 12.5. The van der Waals surface area contributed by atoms with Gasteiger partial charge in [-0.25, -0.2) is 0 Å². The number of hydrogen-bond acceptors (Lipinski definition) is 4. The van der Waals surface area contributed by atoms with Gasteiger partial charge in [0.1, 0.15) is 0 Å². The van der Waals surface area contributed by atoms with Gasteiger partial charge in [0.25, 0.3) is 5.91 Å². The maximum atomic E-state index is 12.3. The second-order valence-electron chi connectivity index (χ2n) is 4.61. The molecule has 5 nitrogen and oxygen atoms in total. The molecule has 122 valence electrons. The Morgan fingerprint density at radius 1 is 1.30 bits per heavy atom. The van der Waals surface area contributed by atoms with Crippen LogP contribution in [0.2, 0.25) is 0 Å². The van der Waals surface area contributed by atoms with Crippen molar-refractivity contribution in [3.8, 4) is 11.5 Å². The fraction of sp³-hybridized carbons (Fsp3) is 0.250. The number of rotatable bonds is 7. The van der Waals surface area contributed by atoms with Crippen molar-refractivity contribution in [1.29, 1.82) is 0 Å². The van der Waals surface area contributed by atoms with Gasteiger partial charge >= 0.3 is 6.61 Å². The van der Waals surface area contributed by atoms with Crippen molar-refractivity contribution in [2.45, 2.75) is 13.0 Å². The van der Waals surface area contributed by atoms with Crippen LogP contribution in [0.4, 0.5) is 8.78 Å². The highest BCUT2D eigenvalue weighted by atomic mass is 19.3. The lowest BCUT2D eigenvalue weighted by molar-refractivity contribution is -0.0512. The zero-order valence-electron chi connectivity index (χ0n) is 12.5. The quantitative estimate of drug-likeness (QED) is 0.851. The lowest BCUT2D eigenvalue weighted by Crippen LogP contribution is -2.25. The average Bonchev–Trinajstić information content (AvgIpc) is 2.56. The topological polar surface area (TPSA) is 60.5 Å². The molecule has 0 aliphatic carbocycles. The van der Waals surface area contributed by atoms with Crippen LogP contribution in [0.15, 0.2) is 42.7 Å². The summed E-state index contributed by atoms with van der Waals surface area (Å²) in [7, 11) is 1.38. The van der Waals surface area contributed by atoms with Crippen molar-refractivity contribution in [2.75, 3.05) is 13.7 Å². The van der Waals surface area contributed by atoms with Crippen molar-refractivity contribution >= 4 is 5.91 Å². The lowest BCUT2D eigenvalue weighted by Gasteiger charge is -2.11. The molecule has 2 aromatic rings. The monoisotopic (exact) mass is 322 g/mol. The molecule has 1 aromatic carbocycles. The number of amides is 1. The molecular weight excluding hydrogens is 306 g/mol. The number of benzene rings is 1. The van der Waals surface area contributed by atoms with Crippen LogP contribution in [0.1, 0.15) is 15.9 Å². The van der Waals surface area contributed by atoms with Crippen LogP contribution >= 0.6 is 0 Å². The molecule has 0 spiro atoms. The summed E-state index contributed by atoms with van der Waals surface area (Å²) in [5.74, 6) is -0.0187. The number of alkyl halides is 2. The summed E-state index contributed by atoms with van der Waals surface area (Å²) in [6.45, 7) is -2.51. The minimum atomic E-state index is -2.91. The number of halogens is 2. The summed E-state index contributed by atoms with van der Waals surface area (Å²) < 4.78 is 33.9. The highest BCUT2D eigenvalue weighted by Gasteiger charge is 2.11. The van der Waals surface area contributed by atoms with Crippen molar-refractivity contribution in [2.24, 2.45) is 0 Å². The maximum absolute atomic E-state index is 12.3. The van der Waals surface area contributed by atoms with E-state index in [1.165, 1.54) is 19.4 Å². The molecule has 23 heavy (non-hydrogen) atoms. The third kappa shape index (κ3) is 4.91. The fourth-order valence-electron chi connectivity index (χ4n) is 1.98. The van der Waals surface area contributed by atoms with Crippen LogP contribution in [0.3, 0.4) is 0 Å². The van der Waals surface area contributed by atoms with E-state index >= 15 is 0 Å². The molecule has 0 fully saturated rings. The second kappa shape index (κ2) is 8.07. The first-order valence-electron chi connectivity index (χ1n) is 6.90. The smallest absolute Gasteiger partial charge is 0.387 e. The Balaban J connectivity index is 1.92. The number of pyridine rings is 1. The van der Waals surface area contributed by atoms with Crippen molar-refractivity contribution in [3.63, 3.8) is 0 Å². The van der Waals surface area contributed by atoms with E-state index < -0.39 is 6.61 Å². The van der Waals surface area contributed by atoms with Gasteiger partial charge in [-0.1, -0.05) is 6.07 Å².